The molecule has 7 heteroatoms. The average Bonchev–Trinajstić information content (AvgIpc) is 2.93. The molecule has 5 nitrogen and oxygen atoms in total. The molecule has 0 aliphatic rings. The number of aryl methyl sites for hydroxylation is 1. The van der Waals surface area contributed by atoms with Crippen LogP contribution in [-0.2, 0) is 25.3 Å². The van der Waals surface area contributed by atoms with E-state index < -0.39 is 25.3 Å². The summed E-state index contributed by atoms with van der Waals surface area (Å²) in [5.41, 5.74) is 2.14. The molecule has 1 atom stereocenters. The largest absolute Gasteiger partial charge is 0.483 e. The highest BCUT2D eigenvalue weighted by Crippen LogP contribution is 2.34. The molecule has 0 spiro atoms. The van der Waals surface area contributed by atoms with Gasteiger partial charge < -0.3 is 4.74 Å². The first-order valence-corrected chi connectivity index (χ1v) is 15.9. The van der Waals surface area contributed by atoms with Crippen LogP contribution in [0.3, 0.4) is 0 Å². The van der Waals surface area contributed by atoms with Crippen LogP contribution in [0.25, 0.3) is 0 Å². The maximum atomic E-state index is 13.1. The van der Waals surface area contributed by atoms with Crippen molar-refractivity contribution in [1.82, 2.24) is 0 Å². The number of ether oxygens (including phenoxy) is 1. The Morgan fingerprint density at radius 3 is 1.44 bits per heavy atom. The van der Waals surface area contributed by atoms with Gasteiger partial charge >= 0.3 is 0 Å². The quantitative estimate of drug-likeness (QED) is 0.211. The van der Waals surface area contributed by atoms with Crippen molar-refractivity contribution in [2.45, 2.75) is 72.1 Å². The molecular weight excluding hydrogens is 528 g/mol. The Bertz CT molecular complexity index is 1640. The van der Waals surface area contributed by atoms with Gasteiger partial charge in [0.2, 0.25) is 19.7 Å². The van der Waals surface area contributed by atoms with Crippen LogP contribution in [0.2, 0.25) is 0 Å². The topological polar surface area (TPSA) is 77.5 Å². The number of hydrogen-bond donors (Lipinski definition) is 0. The van der Waals surface area contributed by atoms with Crippen LogP contribution >= 0.6 is 0 Å². The molecule has 0 fully saturated rings. The second-order valence-electron chi connectivity index (χ2n) is 10.2. The van der Waals surface area contributed by atoms with Crippen LogP contribution in [-0.4, -0.2) is 16.8 Å². The van der Waals surface area contributed by atoms with Crippen LogP contribution in [0.4, 0.5) is 0 Å². The standard InChI is InChI=1S/C32H34O5S2/c1-6-32(5,26-11-19-30(20-12-26)38(33,34)28-15-7-24(4)8-16-28)37-27-13-21-31(22-14-27)39(35,36)29-17-9-25(10-18-29)23(2)3/h7-23H,6H2,1-5H3. The molecule has 0 bridgehead atoms. The van der Waals surface area contributed by atoms with Gasteiger partial charge in [-0.1, -0.05) is 62.7 Å². The summed E-state index contributed by atoms with van der Waals surface area (Å²) >= 11 is 0. The summed E-state index contributed by atoms with van der Waals surface area (Å²) in [5.74, 6) is 0.838. The van der Waals surface area contributed by atoms with Crippen molar-refractivity contribution < 1.29 is 21.6 Å². The van der Waals surface area contributed by atoms with Crippen molar-refractivity contribution in [3.63, 3.8) is 0 Å². The predicted molar refractivity (Wildman–Crippen MR) is 154 cm³/mol. The zero-order valence-electron chi connectivity index (χ0n) is 22.9. The fourth-order valence-corrected chi connectivity index (χ4v) is 6.81. The van der Waals surface area contributed by atoms with E-state index in [4.69, 9.17) is 4.74 Å². The molecule has 4 aromatic carbocycles. The maximum Gasteiger partial charge on any atom is 0.206 e. The molecule has 4 aromatic rings. The van der Waals surface area contributed by atoms with E-state index in [1.165, 1.54) is 0 Å². The Balaban J connectivity index is 1.54. The second-order valence-corrected chi connectivity index (χ2v) is 14.1. The van der Waals surface area contributed by atoms with E-state index in [-0.39, 0.29) is 19.6 Å². The van der Waals surface area contributed by atoms with Gasteiger partial charge in [-0.25, -0.2) is 16.8 Å². The molecule has 0 radical (unpaired) electrons. The minimum Gasteiger partial charge on any atom is -0.483 e. The molecule has 0 amide bonds. The normalized spacial score (nSPS) is 13.7. The summed E-state index contributed by atoms with van der Waals surface area (Å²) in [6, 6.07) is 26.9. The van der Waals surface area contributed by atoms with Crippen molar-refractivity contribution in [3.8, 4) is 5.75 Å². The smallest absolute Gasteiger partial charge is 0.206 e. The first kappa shape index (κ1) is 28.6. The molecule has 0 N–H and O–H groups in total. The third-order valence-electron chi connectivity index (χ3n) is 7.12. The molecule has 0 heterocycles. The highest BCUT2D eigenvalue weighted by molar-refractivity contribution is 7.91. The van der Waals surface area contributed by atoms with E-state index >= 15 is 0 Å². The van der Waals surface area contributed by atoms with E-state index in [0.717, 1.165) is 16.7 Å². The molecule has 0 saturated carbocycles. The first-order valence-electron chi connectivity index (χ1n) is 12.9. The van der Waals surface area contributed by atoms with Crippen LogP contribution in [0.5, 0.6) is 5.75 Å². The number of rotatable bonds is 9. The second kappa shape index (κ2) is 11.0. The molecular formula is C32H34O5S2. The third-order valence-corrected chi connectivity index (χ3v) is 10.7. The van der Waals surface area contributed by atoms with Gasteiger partial charge in [0, 0.05) is 0 Å². The SMILES string of the molecule is CCC(C)(Oc1ccc(S(=O)(=O)c2ccc(C(C)C)cc2)cc1)c1ccc(S(=O)(=O)c2ccc(C)cc2)cc1. The summed E-state index contributed by atoms with van der Waals surface area (Å²) in [4.78, 5) is 0.904. The zero-order valence-corrected chi connectivity index (χ0v) is 24.5. The Morgan fingerprint density at radius 2 is 1.03 bits per heavy atom. The molecule has 0 aliphatic carbocycles. The van der Waals surface area contributed by atoms with Gasteiger partial charge in [0.15, 0.2) is 0 Å². The summed E-state index contributed by atoms with van der Waals surface area (Å²) in [6.07, 6.45) is 0.610. The molecule has 39 heavy (non-hydrogen) atoms. The monoisotopic (exact) mass is 562 g/mol. The fourth-order valence-electron chi connectivity index (χ4n) is 4.29. The fraction of sp³-hybridized carbons (Fsp3) is 0.250. The van der Waals surface area contributed by atoms with E-state index in [2.05, 4.69) is 13.8 Å². The minimum atomic E-state index is -3.66. The number of hydrogen-bond acceptors (Lipinski definition) is 5. The third kappa shape index (κ3) is 5.94. The average molecular weight is 563 g/mol. The van der Waals surface area contributed by atoms with Crippen molar-refractivity contribution in [1.29, 1.82) is 0 Å². The van der Waals surface area contributed by atoms with Gasteiger partial charge in [0.1, 0.15) is 11.4 Å². The Hall–Kier alpha value is -3.42. The molecule has 0 saturated heterocycles. The first-order chi connectivity index (χ1) is 18.4. The lowest BCUT2D eigenvalue weighted by atomic mass is 9.93. The molecule has 1 unspecified atom stereocenters. The van der Waals surface area contributed by atoms with Gasteiger partial charge in [0.25, 0.3) is 0 Å². The lowest BCUT2D eigenvalue weighted by molar-refractivity contribution is 0.0825. The van der Waals surface area contributed by atoms with E-state index in [1.807, 2.05) is 32.9 Å². The van der Waals surface area contributed by atoms with Crippen molar-refractivity contribution in [2.75, 3.05) is 0 Å². The lowest BCUT2D eigenvalue weighted by Crippen LogP contribution is -2.28. The highest BCUT2D eigenvalue weighted by Gasteiger charge is 2.28. The Morgan fingerprint density at radius 1 is 0.641 bits per heavy atom. The number of benzene rings is 4. The van der Waals surface area contributed by atoms with Gasteiger partial charge in [-0.3, -0.25) is 0 Å². The molecule has 0 aromatic heterocycles. The summed E-state index contributed by atoms with van der Waals surface area (Å²) in [6.45, 7) is 9.95. The zero-order chi connectivity index (χ0) is 28.4. The van der Waals surface area contributed by atoms with Crippen LogP contribution < -0.4 is 4.74 Å². The van der Waals surface area contributed by atoms with Gasteiger partial charge in [-0.2, -0.15) is 0 Å². The van der Waals surface area contributed by atoms with Crippen LogP contribution in [0.15, 0.2) is 117 Å². The van der Waals surface area contributed by atoms with Gasteiger partial charge in [-0.15, -0.1) is 0 Å². The van der Waals surface area contributed by atoms with E-state index in [0.29, 0.717) is 18.1 Å². The lowest BCUT2D eigenvalue weighted by Gasteiger charge is -2.30. The molecule has 4 rings (SSSR count). The van der Waals surface area contributed by atoms with Gasteiger partial charge in [-0.05, 0) is 98.0 Å². The van der Waals surface area contributed by atoms with E-state index in [1.54, 1.807) is 84.9 Å². The maximum absolute atomic E-state index is 13.1. The molecule has 0 aliphatic heterocycles. The van der Waals surface area contributed by atoms with Crippen molar-refractivity contribution >= 4 is 19.7 Å². The van der Waals surface area contributed by atoms with Crippen LogP contribution in [0.1, 0.15) is 56.7 Å². The number of sulfone groups is 2. The Kier molecular flexibility index (Phi) is 8.05. The van der Waals surface area contributed by atoms with Gasteiger partial charge in [0.05, 0.1) is 19.6 Å². The van der Waals surface area contributed by atoms with Crippen molar-refractivity contribution in [2.24, 2.45) is 0 Å². The minimum absolute atomic E-state index is 0.191. The van der Waals surface area contributed by atoms with E-state index in [9.17, 15) is 16.8 Å². The summed E-state index contributed by atoms with van der Waals surface area (Å²) in [7, 11) is -7.29. The Labute approximate surface area is 232 Å². The summed E-state index contributed by atoms with van der Waals surface area (Å²) < 4.78 is 58.7. The van der Waals surface area contributed by atoms with Crippen molar-refractivity contribution in [3.05, 3.63) is 114 Å². The summed E-state index contributed by atoms with van der Waals surface area (Å²) in [5, 5.41) is 0. The predicted octanol–water partition coefficient (Wildman–Crippen LogP) is 7.49. The van der Waals surface area contributed by atoms with Crippen LogP contribution in [0, 0.1) is 6.92 Å². The molecule has 204 valence electrons. The highest BCUT2D eigenvalue weighted by atomic mass is 32.2.